The van der Waals surface area contributed by atoms with Crippen LogP contribution < -0.4 is 9.80 Å². The van der Waals surface area contributed by atoms with Crippen LogP contribution in [-0.4, -0.2) is 68.4 Å². The van der Waals surface area contributed by atoms with Gasteiger partial charge in [-0.25, -0.2) is 0 Å². The standard InChI is InChI=1S/C30H32F9N7O2/c1-17-10-22-24(4-3-7-45(25(22)14-23(17)30(37,38)39)21-5-8-44(9-6-21)16-26(47)48)46(27-40-42-43(2)41-27)15-18-11-19(28(31,32)33)13-20(12-18)29(34,35)36/h10-14,21,24H,3-9,15-16H2,1-2H3,(H,47,48)/t24-/m0/s1. The van der Waals surface area contributed by atoms with Gasteiger partial charge in [-0.05, 0) is 78.8 Å². The van der Waals surface area contributed by atoms with E-state index in [9.17, 15) is 49.4 Å². The molecule has 0 radical (unpaired) electrons. The first-order valence-electron chi connectivity index (χ1n) is 15.0. The van der Waals surface area contributed by atoms with E-state index >= 15 is 0 Å². The SMILES string of the molecule is Cc1cc2c(cc1C(F)(F)F)N(C1CCN(CC(=O)O)CC1)CCC[C@@H]2N(Cc1cc(C(F)(F)F)cc(C(F)(F)F)c1)c1nnn(C)n1. The Balaban J connectivity index is 1.62. The van der Waals surface area contributed by atoms with E-state index in [2.05, 4.69) is 15.4 Å². The zero-order valence-electron chi connectivity index (χ0n) is 25.8. The fourth-order valence-corrected chi connectivity index (χ4v) is 6.57. The Morgan fingerprint density at radius 2 is 1.52 bits per heavy atom. The molecule has 3 aromatic rings. The van der Waals surface area contributed by atoms with Gasteiger partial charge in [0.1, 0.15) is 0 Å². The number of likely N-dealkylation sites (tertiary alicyclic amines) is 1. The number of piperidine rings is 1. The summed E-state index contributed by atoms with van der Waals surface area (Å²) in [6, 6.07) is 2.51. The molecule has 48 heavy (non-hydrogen) atoms. The molecule has 0 spiro atoms. The lowest BCUT2D eigenvalue weighted by molar-refractivity contribution is -0.143. The maximum Gasteiger partial charge on any atom is 0.416 e. The summed E-state index contributed by atoms with van der Waals surface area (Å²) in [5.74, 6) is -1.13. The number of tetrazole rings is 1. The Bertz CT molecular complexity index is 1600. The van der Waals surface area contributed by atoms with Gasteiger partial charge in [0, 0.05) is 37.9 Å². The third kappa shape index (κ3) is 7.79. The fourth-order valence-electron chi connectivity index (χ4n) is 6.57. The Morgan fingerprint density at radius 1 is 0.896 bits per heavy atom. The molecule has 2 aromatic carbocycles. The van der Waals surface area contributed by atoms with Crippen LogP contribution in [0.4, 0.5) is 51.1 Å². The highest BCUT2D eigenvalue weighted by Gasteiger charge is 2.40. The van der Waals surface area contributed by atoms with E-state index in [4.69, 9.17) is 0 Å². The monoisotopic (exact) mass is 693 g/mol. The van der Waals surface area contributed by atoms with Crippen molar-refractivity contribution in [1.29, 1.82) is 0 Å². The molecule has 0 unspecified atom stereocenters. The van der Waals surface area contributed by atoms with E-state index in [1.807, 2.05) is 4.90 Å². The average Bonchev–Trinajstić information content (AvgIpc) is 3.32. The van der Waals surface area contributed by atoms with Gasteiger partial charge in [0.05, 0.1) is 36.3 Å². The minimum Gasteiger partial charge on any atom is -0.480 e. The van der Waals surface area contributed by atoms with Crippen LogP contribution in [0.25, 0.3) is 0 Å². The van der Waals surface area contributed by atoms with Crippen molar-refractivity contribution in [2.24, 2.45) is 7.05 Å². The van der Waals surface area contributed by atoms with Crippen molar-refractivity contribution in [2.45, 2.75) is 69.8 Å². The van der Waals surface area contributed by atoms with Crippen LogP contribution >= 0.6 is 0 Å². The second-order valence-corrected chi connectivity index (χ2v) is 12.1. The smallest absolute Gasteiger partial charge is 0.416 e. The maximum atomic E-state index is 14.2. The second-order valence-electron chi connectivity index (χ2n) is 12.1. The Kier molecular flexibility index (Phi) is 9.60. The largest absolute Gasteiger partial charge is 0.480 e. The van der Waals surface area contributed by atoms with Gasteiger partial charge in [-0.15, -0.1) is 5.10 Å². The van der Waals surface area contributed by atoms with Gasteiger partial charge in [-0.2, -0.15) is 44.3 Å². The number of aryl methyl sites for hydroxylation is 2. The van der Waals surface area contributed by atoms with Crippen LogP contribution in [0.2, 0.25) is 0 Å². The molecule has 262 valence electrons. The molecule has 0 saturated carbocycles. The molecule has 5 rings (SSSR count). The van der Waals surface area contributed by atoms with Crippen LogP contribution in [0.5, 0.6) is 0 Å². The number of aliphatic carboxylic acids is 1. The summed E-state index contributed by atoms with van der Waals surface area (Å²) < 4.78 is 125. The normalized spacial score (nSPS) is 18.5. The quantitative estimate of drug-likeness (QED) is 0.282. The van der Waals surface area contributed by atoms with E-state index < -0.39 is 53.8 Å². The number of benzene rings is 2. The van der Waals surface area contributed by atoms with E-state index in [1.165, 1.54) is 24.9 Å². The van der Waals surface area contributed by atoms with Gasteiger partial charge < -0.3 is 14.9 Å². The van der Waals surface area contributed by atoms with Crippen LogP contribution in [0, 0.1) is 6.92 Å². The van der Waals surface area contributed by atoms with Gasteiger partial charge in [-0.3, -0.25) is 9.69 Å². The van der Waals surface area contributed by atoms with Crippen molar-refractivity contribution in [3.8, 4) is 0 Å². The van der Waals surface area contributed by atoms with Crippen LogP contribution in [0.1, 0.15) is 65.1 Å². The van der Waals surface area contributed by atoms with Crippen molar-refractivity contribution in [1.82, 2.24) is 25.1 Å². The number of rotatable bonds is 7. The summed E-state index contributed by atoms with van der Waals surface area (Å²) in [6.45, 7) is 1.67. The van der Waals surface area contributed by atoms with Crippen molar-refractivity contribution < 1.29 is 49.4 Å². The van der Waals surface area contributed by atoms with Gasteiger partial charge in [0.2, 0.25) is 0 Å². The molecule has 0 aliphatic carbocycles. The third-order valence-corrected chi connectivity index (χ3v) is 8.71. The van der Waals surface area contributed by atoms with Crippen LogP contribution in [-0.2, 0) is 36.9 Å². The Labute approximate surface area is 268 Å². The average molecular weight is 694 g/mol. The number of halogens is 9. The summed E-state index contributed by atoms with van der Waals surface area (Å²) in [5.41, 5.74) is -3.77. The van der Waals surface area contributed by atoms with E-state index in [1.54, 1.807) is 4.90 Å². The number of anilines is 2. The molecule has 2 aliphatic heterocycles. The molecular formula is C30H32F9N7O2. The summed E-state index contributed by atoms with van der Waals surface area (Å²) in [6.07, 6.45) is -13.3. The molecule has 1 saturated heterocycles. The van der Waals surface area contributed by atoms with Crippen molar-refractivity contribution in [3.05, 3.63) is 63.7 Å². The molecular weight excluding hydrogens is 661 g/mol. The van der Waals surface area contributed by atoms with Crippen molar-refractivity contribution in [3.63, 3.8) is 0 Å². The van der Waals surface area contributed by atoms with Crippen molar-refractivity contribution >= 4 is 17.6 Å². The number of carboxylic acid groups (broad SMARTS) is 1. The molecule has 18 heteroatoms. The zero-order chi connectivity index (χ0) is 35.2. The van der Waals surface area contributed by atoms with Crippen LogP contribution in [0.3, 0.4) is 0 Å². The minimum atomic E-state index is -5.09. The number of hydrogen-bond acceptors (Lipinski definition) is 7. The summed E-state index contributed by atoms with van der Waals surface area (Å²) >= 11 is 0. The molecule has 1 fully saturated rings. The van der Waals surface area contributed by atoms with Gasteiger partial charge in [0.25, 0.3) is 5.95 Å². The van der Waals surface area contributed by atoms with Gasteiger partial charge >= 0.3 is 24.5 Å². The fraction of sp³-hybridized carbons (Fsp3) is 0.533. The lowest BCUT2D eigenvalue weighted by Gasteiger charge is -2.40. The predicted molar refractivity (Wildman–Crippen MR) is 154 cm³/mol. The third-order valence-electron chi connectivity index (χ3n) is 8.71. The molecule has 3 heterocycles. The number of nitrogens with zero attached hydrogens (tertiary/aromatic N) is 7. The molecule has 1 aromatic heterocycles. The number of fused-ring (bicyclic) bond motifs is 1. The number of carbonyl (C=O) groups is 1. The highest BCUT2D eigenvalue weighted by Crippen LogP contribution is 2.45. The predicted octanol–water partition coefficient (Wildman–Crippen LogP) is 6.47. The molecule has 0 bridgehead atoms. The zero-order valence-corrected chi connectivity index (χ0v) is 25.8. The van der Waals surface area contributed by atoms with E-state index in [0.29, 0.717) is 56.6 Å². The first-order valence-corrected chi connectivity index (χ1v) is 15.0. The summed E-state index contributed by atoms with van der Waals surface area (Å²) in [4.78, 5) is 17.3. The minimum absolute atomic E-state index is 0.0248. The Morgan fingerprint density at radius 3 is 2.04 bits per heavy atom. The summed E-state index contributed by atoms with van der Waals surface area (Å²) in [7, 11) is 1.42. The molecule has 1 atom stereocenters. The lowest BCUT2D eigenvalue weighted by atomic mass is 9.93. The molecule has 2 aliphatic rings. The van der Waals surface area contributed by atoms with Crippen molar-refractivity contribution in [2.75, 3.05) is 36.0 Å². The Hall–Kier alpha value is -4.09. The first kappa shape index (κ1) is 35.2. The molecule has 1 N–H and O–H groups in total. The highest BCUT2D eigenvalue weighted by atomic mass is 19.4. The van der Waals surface area contributed by atoms with Gasteiger partial charge in [-0.1, -0.05) is 11.2 Å². The van der Waals surface area contributed by atoms with Gasteiger partial charge in [0.15, 0.2) is 0 Å². The maximum absolute atomic E-state index is 14.2. The summed E-state index contributed by atoms with van der Waals surface area (Å²) in [5, 5.41) is 21.1. The first-order chi connectivity index (χ1) is 22.3. The van der Waals surface area contributed by atoms with E-state index in [-0.39, 0.29) is 47.8 Å². The number of aromatic nitrogens is 4. The van der Waals surface area contributed by atoms with Crippen LogP contribution in [0.15, 0.2) is 30.3 Å². The molecule has 0 amide bonds. The number of carboxylic acids is 1. The topological polar surface area (TPSA) is 90.6 Å². The highest BCUT2D eigenvalue weighted by molar-refractivity contribution is 5.69. The number of hydrogen-bond donors (Lipinski definition) is 1. The lowest BCUT2D eigenvalue weighted by Crippen LogP contribution is -2.46. The number of alkyl halides is 9. The van der Waals surface area contributed by atoms with E-state index in [0.717, 1.165) is 10.9 Å². The molecule has 9 nitrogen and oxygen atoms in total. The second kappa shape index (κ2) is 13.1.